The van der Waals surface area contributed by atoms with Gasteiger partial charge in [-0.3, -0.25) is 9.59 Å². The molecule has 24 heavy (non-hydrogen) atoms. The Morgan fingerprint density at radius 1 is 1.17 bits per heavy atom. The van der Waals surface area contributed by atoms with Gasteiger partial charge in [0.2, 0.25) is 0 Å². The molecule has 0 saturated heterocycles. The summed E-state index contributed by atoms with van der Waals surface area (Å²) in [7, 11) is 0. The van der Waals surface area contributed by atoms with Crippen molar-refractivity contribution in [2.75, 3.05) is 0 Å². The SMILES string of the molecule is CC(=O)[C@@H]1CC[C@@H]2[C@@H]3C[C@H](O)C4=CC(=O)CC[C@]4(C)[C@@H]3CC[C@@]21C. The summed E-state index contributed by atoms with van der Waals surface area (Å²) in [4.78, 5) is 24.1. The maximum atomic E-state index is 12.2. The quantitative estimate of drug-likeness (QED) is 0.797. The summed E-state index contributed by atoms with van der Waals surface area (Å²) in [5.41, 5.74) is 1.10. The van der Waals surface area contributed by atoms with E-state index in [4.69, 9.17) is 0 Å². The highest BCUT2D eigenvalue weighted by molar-refractivity contribution is 5.91. The normalized spacial score (nSPS) is 50.6. The summed E-state index contributed by atoms with van der Waals surface area (Å²) < 4.78 is 0. The molecule has 0 amide bonds. The van der Waals surface area contributed by atoms with Crippen molar-refractivity contribution in [1.29, 1.82) is 0 Å². The second-order valence-electron chi connectivity index (χ2n) is 9.40. The molecule has 3 saturated carbocycles. The van der Waals surface area contributed by atoms with Gasteiger partial charge in [-0.15, -0.1) is 0 Å². The van der Waals surface area contributed by atoms with Gasteiger partial charge in [0.25, 0.3) is 0 Å². The van der Waals surface area contributed by atoms with Crippen LogP contribution in [0.25, 0.3) is 0 Å². The summed E-state index contributed by atoms with van der Waals surface area (Å²) in [5.74, 6) is 2.35. The second kappa shape index (κ2) is 5.27. The minimum absolute atomic E-state index is 0.0219. The number of rotatable bonds is 1. The molecule has 0 aromatic rings. The lowest BCUT2D eigenvalue weighted by Crippen LogP contribution is -2.54. The smallest absolute Gasteiger partial charge is 0.155 e. The molecule has 0 heterocycles. The van der Waals surface area contributed by atoms with E-state index in [1.54, 1.807) is 13.0 Å². The molecule has 3 heteroatoms. The van der Waals surface area contributed by atoms with Crippen LogP contribution in [0.2, 0.25) is 0 Å². The highest BCUT2D eigenvalue weighted by Gasteiger charge is 2.61. The zero-order chi connectivity index (χ0) is 17.3. The summed E-state index contributed by atoms with van der Waals surface area (Å²) in [5, 5.41) is 10.8. The van der Waals surface area contributed by atoms with Gasteiger partial charge in [0, 0.05) is 12.3 Å². The Bertz CT molecular complexity index is 621. The van der Waals surface area contributed by atoms with E-state index in [2.05, 4.69) is 13.8 Å². The Kier molecular flexibility index (Phi) is 3.62. The maximum absolute atomic E-state index is 12.2. The number of hydrogen-bond acceptors (Lipinski definition) is 3. The third-order valence-electron chi connectivity index (χ3n) is 8.47. The molecule has 0 unspecified atom stereocenters. The molecule has 0 spiro atoms. The number of ketones is 2. The fourth-order valence-corrected chi connectivity index (χ4v) is 7.27. The van der Waals surface area contributed by atoms with Crippen molar-refractivity contribution in [1.82, 2.24) is 0 Å². The van der Waals surface area contributed by atoms with Crippen molar-refractivity contribution in [2.24, 2.45) is 34.5 Å². The number of fused-ring (bicyclic) bond motifs is 5. The number of hydrogen-bond donors (Lipinski definition) is 1. The molecule has 3 nitrogen and oxygen atoms in total. The van der Waals surface area contributed by atoms with Gasteiger partial charge in [0.1, 0.15) is 5.78 Å². The Hall–Kier alpha value is -0.960. The predicted octanol–water partition coefficient (Wildman–Crippen LogP) is 3.69. The standard InChI is InChI=1S/C21H30O3/c1-12(22)15-4-5-16-14-11-19(24)18-10-13(23)6-8-21(18,3)17(14)7-9-20(15,16)2/h10,14-17,19,24H,4-9,11H2,1-3H3/t14-,15-,16+,17+,19-,20+,21+/m0/s1. The van der Waals surface area contributed by atoms with E-state index in [9.17, 15) is 14.7 Å². The molecule has 132 valence electrons. The Morgan fingerprint density at radius 2 is 1.92 bits per heavy atom. The van der Waals surface area contributed by atoms with Crippen molar-refractivity contribution in [3.8, 4) is 0 Å². The molecule has 0 bridgehead atoms. The third-order valence-corrected chi connectivity index (χ3v) is 8.47. The predicted molar refractivity (Wildman–Crippen MR) is 92.3 cm³/mol. The number of aliphatic hydroxyl groups is 1. The van der Waals surface area contributed by atoms with E-state index in [1.807, 2.05) is 0 Å². The van der Waals surface area contributed by atoms with E-state index in [0.29, 0.717) is 30.0 Å². The van der Waals surface area contributed by atoms with E-state index in [1.165, 1.54) is 0 Å². The van der Waals surface area contributed by atoms with Crippen LogP contribution in [0.3, 0.4) is 0 Å². The van der Waals surface area contributed by atoms with Crippen molar-refractivity contribution in [3.63, 3.8) is 0 Å². The number of carbonyl (C=O) groups excluding carboxylic acids is 2. The third kappa shape index (κ3) is 2.06. The minimum atomic E-state index is -0.473. The average molecular weight is 330 g/mol. The van der Waals surface area contributed by atoms with Gasteiger partial charge in [0.15, 0.2) is 5.78 Å². The van der Waals surface area contributed by atoms with Crippen LogP contribution in [0.4, 0.5) is 0 Å². The monoisotopic (exact) mass is 330 g/mol. The fraction of sp³-hybridized carbons (Fsp3) is 0.810. The van der Waals surface area contributed by atoms with Crippen LogP contribution in [0.5, 0.6) is 0 Å². The van der Waals surface area contributed by atoms with Crippen LogP contribution < -0.4 is 0 Å². The maximum Gasteiger partial charge on any atom is 0.155 e. The van der Waals surface area contributed by atoms with Crippen molar-refractivity contribution >= 4 is 11.6 Å². The van der Waals surface area contributed by atoms with Gasteiger partial charge in [-0.1, -0.05) is 13.8 Å². The van der Waals surface area contributed by atoms with Crippen LogP contribution in [0, 0.1) is 34.5 Å². The Morgan fingerprint density at radius 3 is 2.62 bits per heavy atom. The number of carbonyl (C=O) groups is 2. The molecular weight excluding hydrogens is 300 g/mol. The number of aliphatic hydroxyl groups excluding tert-OH is 1. The lowest BCUT2D eigenvalue weighted by Gasteiger charge is -2.59. The molecule has 1 N–H and O–H groups in total. The lowest BCUT2D eigenvalue weighted by atomic mass is 9.46. The van der Waals surface area contributed by atoms with Gasteiger partial charge in [0.05, 0.1) is 6.10 Å². The van der Waals surface area contributed by atoms with Crippen molar-refractivity contribution in [2.45, 2.75) is 71.8 Å². The molecule has 0 aliphatic heterocycles. The first-order valence-corrected chi connectivity index (χ1v) is 9.71. The zero-order valence-corrected chi connectivity index (χ0v) is 15.2. The summed E-state index contributed by atoms with van der Waals surface area (Å²) in [6, 6.07) is 0. The van der Waals surface area contributed by atoms with Crippen LogP contribution >= 0.6 is 0 Å². The zero-order valence-electron chi connectivity index (χ0n) is 15.2. The van der Waals surface area contributed by atoms with E-state index < -0.39 is 6.10 Å². The van der Waals surface area contributed by atoms with Gasteiger partial charge >= 0.3 is 0 Å². The molecular formula is C21H30O3. The first-order chi connectivity index (χ1) is 11.3. The molecule has 4 aliphatic carbocycles. The van der Waals surface area contributed by atoms with Crippen molar-refractivity contribution in [3.05, 3.63) is 11.6 Å². The lowest BCUT2D eigenvalue weighted by molar-refractivity contribution is -0.130. The number of Topliss-reactive ketones (excluding diaryl/α,β-unsaturated/α-hetero) is 1. The largest absolute Gasteiger partial charge is 0.389 e. The van der Waals surface area contributed by atoms with E-state index >= 15 is 0 Å². The topological polar surface area (TPSA) is 54.4 Å². The van der Waals surface area contributed by atoms with Gasteiger partial charge in [-0.2, -0.15) is 0 Å². The summed E-state index contributed by atoms with van der Waals surface area (Å²) in [6.45, 7) is 6.37. The Labute approximate surface area is 144 Å². The van der Waals surface area contributed by atoms with Crippen LogP contribution in [-0.4, -0.2) is 22.8 Å². The van der Waals surface area contributed by atoms with Crippen LogP contribution in [0.1, 0.15) is 65.7 Å². The summed E-state index contributed by atoms with van der Waals surface area (Å²) >= 11 is 0. The second-order valence-corrected chi connectivity index (χ2v) is 9.40. The molecule has 4 aliphatic rings. The average Bonchev–Trinajstić information content (AvgIpc) is 2.87. The van der Waals surface area contributed by atoms with Gasteiger partial charge < -0.3 is 5.11 Å². The molecule has 3 fully saturated rings. The van der Waals surface area contributed by atoms with E-state index in [0.717, 1.165) is 44.1 Å². The van der Waals surface area contributed by atoms with Crippen molar-refractivity contribution < 1.29 is 14.7 Å². The van der Waals surface area contributed by atoms with Crippen LogP contribution in [-0.2, 0) is 9.59 Å². The highest BCUT2D eigenvalue weighted by Crippen LogP contribution is 2.66. The van der Waals surface area contributed by atoms with Gasteiger partial charge in [-0.05, 0) is 85.7 Å². The fourth-order valence-electron chi connectivity index (χ4n) is 7.27. The first-order valence-electron chi connectivity index (χ1n) is 9.71. The first kappa shape index (κ1) is 16.5. The molecule has 7 atom stereocenters. The van der Waals surface area contributed by atoms with E-state index in [-0.39, 0.29) is 22.5 Å². The molecule has 0 aromatic carbocycles. The van der Waals surface area contributed by atoms with Crippen LogP contribution in [0.15, 0.2) is 11.6 Å². The minimum Gasteiger partial charge on any atom is -0.389 e. The Balaban J connectivity index is 1.71. The summed E-state index contributed by atoms with van der Waals surface area (Å²) in [6.07, 6.45) is 7.97. The molecule has 4 rings (SSSR count). The van der Waals surface area contributed by atoms with Gasteiger partial charge in [-0.25, -0.2) is 0 Å². The highest BCUT2D eigenvalue weighted by atomic mass is 16.3. The molecule has 0 aromatic heterocycles. The molecule has 0 radical (unpaired) electrons.